The van der Waals surface area contributed by atoms with Crippen molar-refractivity contribution in [2.24, 2.45) is 0 Å². The lowest BCUT2D eigenvalue weighted by Crippen LogP contribution is -2.51. The topological polar surface area (TPSA) is 52.9 Å². The summed E-state index contributed by atoms with van der Waals surface area (Å²) in [7, 11) is 0. The third-order valence-electron chi connectivity index (χ3n) is 6.53. The number of rotatable bonds is 3. The predicted molar refractivity (Wildman–Crippen MR) is 111 cm³/mol. The maximum atomic E-state index is 10.7. The van der Waals surface area contributed by atoms with Crippen LogP contribution in [0, 0.1) is 20.8 Å². The smallest absolute Gasteiger partial charge is 0.125 e. The highest BCUT2D eigenvalue weighted by molar-refractivity contribution is 5.41. The molecule has 0 aliphatic carbocycles. The molecule has 2 aromatic carbocycles. The maximum absolute atomic E-state index is 10.7. The zero-order chi connectivity index (χ0) is 19.9. The van der Waals surface area contributed by atoms with Crippen molar-refractivity contribution >= 4 is 0 Å². The molecule has 1 fully saturated rings. The second-order valence-corrected chi connectivity index (χ2v) is 8.71. The van der Waals surface area contributed by atoms with Crippen molar-refractivity contribution in [3.05, 3.63) is 64.2 Å². The van der Waals surface area contributed by atoms with Gasteiger partial charge in [-0.2, -0.15) is 0 Å². The molecule has 1 saturated heterocycles. The maximum Gasteiger partial charge on any atom is 0.125 e. The SMILES string of the molecule is Cc1ccc2c(c1)[C@@H](O)CC1(CCN(C[C@@H](O)c3ccc(C)c(C)c3)CC1)O2. The van der Waals surface area contributed by atoms with E-state index in [-0.39, 0.29) is 5.60 Å². The average molecular weight is 382 g/mol. The van der Waals surface area contributed by atoms with Gasteiger partial charge in [-0.3, -0.25) is 0 Å². The van der Waals surface area contributed by atoms with E-state index in [1.165, 1.54) is 11.1 Å². The van der Waals surface area contributed by atoms with Crippen LogP contribution < -0.4 is 4.74 Å². The minimum absolute atomic E-state index is 0.288. The van der Waals surface area contributed by atoms with E-state index in [0.29, 0.717) is 13.0 Å². The summed E-state index contributed by atoms with van der Waals surface area (Å²) in [4.78, 5) is 2.31. The van der Waals surface area contributed by atoms with Crippen LogP contribution in [0.25, 0.3) is 0 Å². The van der Waals surface area contributed by atoms with Crippen molar-refractivity contribution in [2.75, 3.05) is 19.6 Å². The van der Waals surface area contributed by atoms with Gasteiger partial charge in [0.25, 0.3) is 0 Å². The quantitative estimate of drug-likeness (QED) is 0.844. The van der Waals surface area contributed by atoms with Gasteiger partial charge in [0, 0.05) is 31.6 Å². The Morgan fingerprint density at radius 2 is 1.82 bits per heavy atom. The number of β-amino-alcohol motifs (C(OH)–C–C–N with tert-alkyl or cyclic N) is 1. The van der Waals surface area contributed by atoms with Crippen molar-refractivity contribution < 1.29 is 14.9 Å². The van der Waals surface area contributed by atoms with Crippen LogP contribution >= 0.6 is 0 Å². The Kier molecular flexibility index (Phi) is 5.21. The molecule has 0 unspecified atom stereocenters. The van der Waals surface area contributed by atoms with Crippen LogP contribution in [-0.2, 0) is 0 Å². The van der Waals surface area contributed by atoms with E-state index < -0.39 is 12.2 Å². The van der Waals surface area contributed by atoms with Gasteiger partial charge in [-0.15, -0.1) is 0 Å². The molecule has 2 heterocycles. The molecular formula is C24H31NO3. The fourth-order valence-corrected chi connectivity index (χ4v) is 4.53. The van der Waals surface area contributed by atoms with Crippen LogP contribution in [0.4, 0.5) is 0 Å². The highest BCUT2D eigenvalue weighted by Gasteiger charge is 2.43. The second kappa shape index (κ2) is 7.51. The largest absolute Gasteiger partial charge is 0.487 e. The number of piperidine rings is 1. The summed E-state index contributed by atoms with van der Waals surface area (Å²) in [6.07, 6.45) is 1.46. The molecule has 0 saturated carbocycles. The number of hydrogen-bond donors (Lipinski definition) is 2. The Balaban J connectivity index is 1.39. The van der Waals surface area contributed by atoms with Gasteiger partial charge in [0.15, 0.2) is 0 Å². The number of aliphatic hydroxyl groups is 2. The number of ether oxygens (including phenoxy) is 1. The van der Waals surface area contributed by atoms with Crippen molar-refractivity contribution in [1.82, 2.24) is 4.90 Å². The second-order valence-electron chi connectivity index (χ2n) is 8.71. The molecule has 0 aromatic heterocycles. The molecule has 4 nitrogen and oxygen atoms in total. The van der Waals surface area contributed by atoms with Crippen LogP contribution in [0.15, 0.2) is 36.4 Å². The molecule has 4 rings (SSSR count). The molecular weight excluding hydrogens is 350 g/mol. The Bertz CT molecular complexity index is 855. The van der Waals surface area contributed by atoms with Gasteiger partial charge in [-0.1, -0.05) is 29.8 Å². The third-order valence-corrected chi connectivity index (χ3v) is 6.53. The first kappa shape index (κ1) is 19.4. The highest BCUT2D eigenvalue weighted by Crippen LogP contribution is 2.44. The number of fused-ring (bicyclic) bond motifs is 1. The summed E-state index contributed by atoms with van der Waals surface area (Å²) >= 11 is 0. The fourth-order valence-electron chi connectivity index (χ4n) is 4.53. The number of likely N-dealkylation sites (tertiary alicyclic amines) is 1. The van der Waals surface area contributed by atoms with E-state index in [9.17, 15) is 10.2 Å². The molecule has 0 radical (unpaired) electrons. The van der Waals surface area contributed by atoms with Crippen LogP contribution in [-0.4, -0.2) is 40.3 Å². The summed E-state index contributed by atoms with van der Waals surface area (Å²) in [5.74, 6) is 0.827. The van der Waals surface area contributed by atoms with Crippen LogP contribution in [0.1, 0.15) is 59.3 Å². The van der Waals surface area contributed by atoms with Gasteiger partial charge >= 0.3 is 0 Å². The van der Waals surface area contributed by atoms with Gasteiger partial charge < -0.3 is 19.8 Å². The number of benzene rings is 2. The Morgan fingerprint density at radius 1 is 1.07 bits per heavy atom. The molecule has 0 bridgehead atoms. The zero-order valence-corrected chi connectivity index (χ0v) is 17.1. The minimum Gasteiger partial charge on any atom is -0.487 e. The van der Waals surface area contributed by atoms with E-state index in [4.69, 9.17) is 4.74 Å². The third kappa shape index (κ3) is 3.82. The molecule has 2 aliphatic rings. The van der Waals surface area contributed by atoms with Gasteiger partial charge in [0.05, 0.1) is 12.2 Å². The van der Waals surface area contributed by atoms with E-state index in [2.05, 4.69) is 30.9 Å². The van der Waals surface area contributed by atoms with Crippen molar-refractivity contribution in [2.45, 2.75) is 57.8 Å². The fraction of sp³-hybridized carbons (Fsp3) is 0.500. The van der Waals surface area contributed by atoms with Crippen molar-refractivity contribution in [3.8, 4) is 5.75 Å². The highest BCUT2D eigenvalue weighted by atomic mass is 16.5. The number of nitrogens with zero attached hydrogens (tertiary/aromatic N) is 1. The molecule has 2 aromatic rings. The van der Waals surface area contributed by atoms with Gasteiger partial charge in [0.1, 0.15) is 11.4 Å². The summed E-state index contributed by atoms with van der Waals surface area (Å²) in [6.45, 7) is 8.59. The lowest BCUT2D eigenvalue weighted by atomic mass is 9.81. The Labute approximate surface area is 167 Å². The monoisotopic (exact) mass is 381 g/mol. The Hall–Kier alpha value is -1.88. The molecule has 2 aliphatic heterocycles. The standard InChI is InChI=1S/C24H31NO3/c1-16-4-7-23-20(12-16)21(26)14-24(28-23)8-10-25(11-9-24)15-22(27)19-6-5-17(2)18(3)13-19/h4-7,12-13,21-22,26-27H,8-11,14-15H2,1-3H3/t21-,22+/m0/s1. The number of hydrogen-bond acceptors (Lipinski definition) is 4. The molecule has 28 heavy (non-hydrogen) atoms. The Morgan fingerprint density at radius 3 is 2.54 bits per heavy atom. The molecule has 1 spiro atoms. The molecule has 4 heteroatoms. The summed E-state index contributed by atoms with van der Waals surface area (Å²) in [6, 6.07) is 12.3. The number of aryl methyl sites for hydroxylation is 3. The predicted octanol–water partition coefficient (Wildman–Crippen LogP) is 4.00. The lowest BCUT2D eigenvalue weighted by Gasteiger charge is -2.46. The van der Waals surface area contributed by atoms with Crippen molar-refractivity contribution in [3.63, 3.8) is 0 Å². The van der Waals surface area contributed by atoms with E-state index in [1.807, 2.05) is 31.2 Å². The lowest BCUT2D eigenvalue weighted by molar-refractivity contribution is -0.0588. The van der Waals surface area contributed by atoms with Gasteiger partial charge in [-0.05, 0) is 62.4 Å². The van der Waals surface area contributed by atoms with Crippen molar-refractivity contribution in [1.29, 1.82) is 0 Å². The molecule has 2 N–H and O–H groups in total. The molecule has 150 valence electrons. The summed E-state index contributed by atoms with van der Waals surface area (Å²) < 4.78 is 6.40. The van der Waals surface area contributed by atoms with Crippen LogP contribution in [0.5, 0.6) is 5.75 Å². The average Bonchev–Trinajstić information content (AvgIpc) is 2.67. The van der Waals surface area contributed by atoms with E-state index in [1.54, 1.807) is 0 Å². The summed E-state index contributed by atoms with van der Waals surface area (Å²) in [5.41, 5.74) is 5.22. The zero-order valence-electron chi connectivity index (χ0n) is 17.1. The molecule has 2 atom stereocenters. The first-order chi connectivity index (χ1) is 13.3. The van der Waals surface area contributed by atoms with Crippen LogP contribution in [0.2, 0.25) is 0 Å². The van der Waals surface area contributed by atoms with Crippen LogP contribution in [0.3, 0.4) is 0 Å². The first-order valence-electron chi connectivity index (χ1n) is 10.3. The number of aliphatic hydroxyl groups excluding tert-OH is 2. The van der Waals surface area contributed by atoms with E-state index in [0.717, 1.165) is 48.4 Å². The minimum atomic E-state index is -0.477. The van der Waals surface area contributed by atoms with Gasteiger partial charge in [0.2, 0.25) is 0 Å². The first-order valence-corrected chi connectivity index (χ1v) is 10.3. The molecule has 0 amide bonds. The normalized spacial score (nSPS) is 22.5. The van der Waals surface area contributed by atoms with E-state index >= 15 is 0 Å². The van der Waals surface area contributed by atoms with Gasteiger partial charge in [-0.25, -0.2) is 0 Å². The summed E-state index contributed by atoms with van der Waals surface area (Å²) in [5, 5.41) is 21.4.